The van der Waals surface area contributed by atoms with Crippen LogP contribution < -0.4 is 0 Å². The molecule has 3 nitrogen and oxygen atoms in total. The number of hydrogen-bond acceptors (Lipinski definition) is 4. The molecule has 1 aromatic heterocycles. The Balaban J connectivity index is 0.000000394. The molecule has 5 heteroatoms. The number of carbonyl (C=O) groups is 1. The van der Waals surface area contributed by atoms with Gasteiger partial charge in [0.05, 0.1) is 11.3 Å². The second-order valence-corrected chi connectivity index (χ2v) is 10.6. The van der Waals surface area contributed by atoms with Crippen molar-refractivity contribution in [2.75, 3.05) is 0 Å². The molecule has 0 saturated heterocycles. The zero-order chi connectivity index (χ0) is 26.8. The van der Waals surface area contributed by atoms with E-state index in [4.69, 9.17) is 10.1 Å². The van der Waals surface area contributed by atoms with Gasteiger partial charge in [0.15, 0.2) is 5.78 Å². The number of aryl methyl sites for hydroxylation is 2. The van der Waals surface area contributed by atoms with Crippen LogP contribution in [0.5, 0.6) is 0 Å². The molecule has 1 aliphatic rings. The number of aliphatic hydroxyl groups excluding tert-OH is 1. The third-order valence-electron chi connectivity index (χ3n) is 6.39. The van der Waals surface area contributed by atoms with Crippen LogP contribution in [0.4, 0.5) is 0 Å². The van der Waals surface area contributed by atoms with E-state index in [9.17, 15) is 4.79 Å². The molecule has 5 aromatic rings. The van der Waals surface area contributed by atoms with Crippen LogP contribution in [0.15, 0.2) is 107 Å². The van der Waals surface area contributed by atoms with E-state index < -0.39 is 0 Å². The number of fused-ring (bicyclic) bond motifs is 6. The number of pyridine rings is 1. The van der Waals surface area contributed by atoms with Crippen LogP contribution in [0.2, 0.25) is 0 Å². The summed E-state index contributed by atoms with van der Waals surface area (Å²) in [5.74, 6) is -0.0625. The number of aliphatic hydroxyl groups is 1. The van der Waals surface area contributed by atoms with Crippen LogP contribution in [-0.2, 0) is 24.9 Å². The maximum Gasteiger partial charge on any atom is 0.155 e. The van der Waals surface area contributed by atoms with Crippen molar-refractivity contribution in [1.82, 2.24) is 4.98 Å². The first-order valence-corrected chi connectivity index (χ1v) is 13.3. The summed E-state index contributed by atoms with van der Waals surface area (Å²) in [5, 5.41) is 9.58. The van der Waals surface area contributed by atoms with Gasteiger partial charge in [-0.2, -0.15) is 0 Å². The Morgan fingerprint density at radius 2 is 1.51 bits per heavy atom. The van der Waals surface area contributed by atoms with E-state index in [1.54, 1.807) is 0 Å². The normalized spacial score (nSPS) is 11.6. The van der Waals surface area contributed by atoms with Gasteiger partial charge >= 0.3 is 0 Å². The number of ketones is 1. The van der Waals surface area contributed by atoms with Crippen molar-refractivity contribution < 1.29 is 30.0 Å². The van der Waals surface area contributed by atoms with Gasteiger partial charge in [-0.15, -0.1) is 35.5 Å². The minimum Gasteiger partial charge on any atom is -0.512 e. The van der Waals surface area contributed by atoms with E-state index in [2.05, 4.69) is 105 Å². The van der Waals surface area contributed by atoms with Gasteiger partial charge in [0.1, 0.15) is 0 Å². The molecule has 0 unspecified atom stereocenters. The first-order chi connectivity index (χ1) is 18.3. The average Bonchev–Trinajstić information content (AvgIpc) is 3.03. The molecule has 39 heavy (non-hydrogen) atoms. The fourth-order valence-corrected chi connectivity index (χ4v) is 5.83. The Bertz CT molecular complexity index is 1720. The van der Waals surface area contributed by atoms with Gasteiger partial charge in [-0.05, 0) is 68.3 Å². The summed E-state index contributed by atoms with van der Waals surface area (Å²) in [4.78, 5) is 17.5. The molecule has 0 aliphatic carbocycles. The molecule has 0 amide bonds. The fourth-order valence-electron chi connectivity index (χ4n) is 4.70. The second kappa shape index (κ2) is 12.1. The van der Waals surface area contributed by atoms with E-state index >= 15 is 0 Å². The molecule has 1 aliphatic heterocycles. The first-order valence-electron chi connectivity index (χ1n) is 12.5. The summed E-state index contributed by atoms with van der Waals surface area (Å²) in [6, 6.07) is 33.9. The zero-order valence-electron chi connectivity index (χ0n) is 22.2. The topological polar surface area (TPSA) is 50.2 Å². The summed E-state index contributed by atoms with van der Waals surface area (Å²) < 4.78 is 0. The monoisotopic (exact) mass is 707 g/mol. The van der Waals surface area contributed by atoms with Crippen molar-refractivity contribution in [2.24, 2.45) is 0 Å². The number of allylic oxidation sites excluding steroid dienone is 2. The van der Waals surface area contributed by atoms with E-state index in [1.165, 1.54) is 68.5 Å². The molecule has 0 spiro atoms. The summed E-state index contributed by atoms with van der Waals surface area (Å²) in [7, 11) is 0. The summed E-state index contributed by atoms with van der Waals surface area (Å²) in [5.41, 5.74) is 10.6. The molecule has 0 bridgehead atoms. The minimum absolute atomic E-state index is 0. The second-order valence-electron chi connectivity index (χ2n) is 9.51. The van der Waals surface area contributed by atoms with Crippen LogP contribution >= 0.6 is 11.8 Å². The van der Waals surface area contributed by atoms with Gasteiger partial charge in [-0.3, -0.25) is 9.78 Å². The van der Waals surface area contributed by atoms with Crippen molar-refractivity contribution in [3.05, 3.63) is 114 Å². The van der Waals surface area contributed by atoms with Crippen molar-refractivity contribution in [3.63, 3.8) is 0 Å². The van der Waals surface area contributed by atoms with Crippen molar-refractivity contribution >= 4 is 28.4 Å². The summed E-state index contributed by atoms with van der Waals surface area (Å²) in [6.07, 6.45) is 1.17. The third-order valence-corrected chi connectivity index (χ3v) is 7.52. The third kappa shape index (κ3) is 6.23. The van der Waals surface area contributed by atoms with Gasteiger partial charge in [-0.25, -0.2) is 0 Å². The molecule has 1 N–H and O–H groups in total. The molecular weight excluding hydrogens is 679 g/mol. The van der Waals surface area contributed by atoms with Crippen LogP contribution in [-0.4, -0.2) is 15.9 Å². The Morgan fingerprint density at radius 1 is 0.846 bits per heavy atom. The molecule has 1 radical (unpaired) electrons. The molecule has 6 rings (SSSR count). The molecule has 2 heterocycles. The number of carbonyl (C=O) groups excluding carboxylic acids is 1. The predicted octanol–water partition coefficient (Wildman–Crippen LogP) is 9.15. The van der Waals surface area contributed by atoms with Crippen LogP contribution in [0, 0.1) is 19.9 Å². The van der Waals surface area contributed by atoms with E-state index in [-0.39, 0.29) is 31.6 Å². The largest absolute Gasteiger partial charge is 0.512 e. The maximum absolute atomic E-state index is 10.0. The predicted molar refractivity (Wildman–Crippen MR) is 158 cm³/mol. The van der Waals surface area contributed by atoms with E-state index in [1.807, 2.05) is 11.8 Å². The van der Waals surface area contributed by atoms with Gasteiger partial charge < -0.3 is 5.11 Å². The first kappa shape index (κ1) is 28.5. The van der Waals surface area contributed by atoms with Gasteiger partial charge in [0.25, 0.3) is 0 Å². The Labute approximate surface area is 247 Å². The molecule has 197 valence electrons. The standard InChI is InChI=1S/C29H20NS.C5H8O2.Ir/c1-18-11-14-26-25(15-18)19(2)16-27(30-26)20-12-13-24-22-8-4-3-7-21(22)23-9-5-6-10-28(23)31-29(24)17-20;1-4(6)3-5(2)7;/h3-11,13-17H,1-2H3;3,6H,1-2H3;/q-1;;/b;4-3-;. The Morgan fingerprint density at radius 3 is 2.18 bits per heavy atom. The Hall–Kier alpha value is -3.50. The minimum atomic E-state index is -0.125. The van der Waals surface area contributed by atoms with Crippen molar-refractivity contribution in [2.45, 2.75) is 37.5 Å². The van der Waals surface area contributed by atoms with Crippen molar-refractivity contribution in [1.29, 1.82) is 0 Å². The molecule has 0 fully saturated rings. The fraction of sp³-hybridized carbons (Fsp3) is 0.118. The summed E-state index contributed by atoms with van der Waals surface area (Å²) in [6.45, 7) is 7.14. The van der Waals surface area contributed by atoms with Crippen molar-refractivity contribution in [3.8, 4) is 33.5 Å². The molecular formula is C34H28IrNO2S-. The summed E-state index contributed by atoms with van der Waals surface area (Å²) >= 11 is 1.83. The quantitative estimate of drug-likeness (QED) is 0.111. The smallest absolute Gasteiger partial charge is 0.155 e. The van der Waals surface area contributed by atoms with E-state index in [0.717, 1.165) is 16.8 Å². The van der Waals surface area contributed by atoms with Gasteiger partial charge in [-0.1, -0.05) is 76.2 Å². The van der Waals surface area contributed by atoms with E-state index in [0.29, 0.717) is 0 Å². The maximum atomic E-state index is 10.0. The Kier molecular flexibility index (Phi) is 8.86. The SMILES string of the molecule is CC(=O)/C=C(/C)O.Cc1ccc2nc(-c3[c-]cc4c(c3)Sc3ccccc3-c3ccccc3-4)cc(C)c2c1.[Ir]. The van der Waals surface area contributed by atoms with Crippen LogP contribution in [0.25, 0.3) is 44.4 Å². The number of nitrogens with zero attached hydrogens (tertiary/aromatic N) is 1. The molecule has 0 atom stereocenters. The van der Waals surface area contributed by atoms with Gasteiger partial charge in [0.2, 0.25) is 0 Å². The number of benzene rings is 4. The average molecular weight is 707 g/mol. The van der Waals surface area contributed by atoms with Crippen LogP contribution in [0.1, 0.15) is 25.0 Å². The zero-order valence-corrected chi connectivity index (χ0v) is 25.4. The molecule has 4 aromatic carbocycles. The molecule has 0 saturated carbocycles. The number of rotatable bonds is 2. The van der Waals surface area contributed by atoms with Crippen LogP contribution in [0.3, 0.4) is 0 Å². The number of aromatic nitrogens is 1. The van der Waals surface area contributed by atoms with Gasteiger partial charge in [0, 0.05) is 36.5 Å². The number of hydrogen-bond donors (Lipinski definition) is 1.